The molecule has 6 nitrogen and oxygen atoms in total. The second kappa shape index (κ2) is 8.16. The largest absolute Gasteiger partial charge is 0.573 e. The Kier molecular flexibility index (Phi) is 5.27. The van der Waals surface area contributed by atoms with E-state index in [0.717, 1.165) is 5.56 Å². The summed E-state index contributed by atoms with van der Waals surface area (Å²) in [6, 6.07) is 16.5. The number of nitrogens with one attached hydrogen (secondary N) is 1. The number of hydrogen-bond acceptors (Lipinski definition) is 5. The van der Waals surface area contributed by atoms with Gasteiger partial charge in [-0.25, -0.2) is 0 Å². The summed E-state index contributed by atoms with van der Waals surface area (Å²) >= 11 is 0. The molecule has 176 valence electrons. The van der Waals surface area contributed by atoms with Crippen molar-refractivity contribution in [3.05, 3.63) is 66.2 Å². The van der Waals surface area contributed by atoms with Crippen LogP contribution in [0.5, 0.6) is 23.0 Å². The molecule has 34 heavy (non-hydrogen) atoms. The van der Waals surface area contributed by atoms with Crippen LogP contribution in [0.1, 0.15) is 18.4 Å². The van der Waals surface area contributed by atoms with Crippen LogP contribution in [0.25, 0.3) is 11.1 Å². The summed E-state index contributed by atoms with van der Waals surface area (Å²) < 4.78 is 59.3. The summed E-state index contributed by atoms with van der Waals surface area (Å²) in [4.78, 5) is 13.3. The van der Waals surface area contributed by atoms with E-state index in [4.69, 9.17) is 14.2 Å². The fraction of sp³-hybridized carbons (Fsp3) is 0.240. The first kappa shape index (κ1) is 21.9. The summed E-state index contributed by atoms with van der Waals surface area (Å²) in [7, 11) is 1.52. The number of anilines is 1. The highest BCUT2D eigenvalue weighted by Crippen LogP contribution is 2.51. The molecule has 1 heterocycles. The number of carbonyl (C=O) groups excluding carboxylic acids is 1. The summed E-state index contributed by atoms with van der Waals surface area (Å²) in [6.07, 6.45) is -3.79. The van der Waals surface area contributed by atoms with Crippen molar-refractivity contribution in [3.8, 4) is 34.1 Å². The highest BCUT2D eigenvalue weighted by atomic mass is 19.4. The molecule has 1 amide bonds. The van der Waals surface area contributed by atoms with Crippen molar-refractivity contribution in [3.63, 3.8) is 0 Å². The monoisotopic (exact) mass is 471 g/mol. The molecule has 0 unspecified atom stereocenters. The molecule has 0 spiro atoms. The Hall–Kier alpha value is -3.88. The van der Waals surface area contributed by atoms with Gasteiger partial charge in [-0.15, -0.1) is 13.2 Å². The van der Waals surface area contributed by atoms with E-state index in [2.05, 4.69) is 10.1 Å². The number of ether oxygens (including phenoxy) is 4. The Morgan fingerprint density at radius 1 is 0.971 bits per heavy atom. The number of hydrogen-bond donors (Lipinski definition) is 1. The number of rotatable bonds is 6. The maximum Gasteiger partial charge on any atom is 0.573 e. The zero-order chi connectivity index (χ0) is 23.9. The SMILES string of the molecule is COc1cccc(-c2ccc(OC(F)(F)F)c(NC(=O)C3(c4ccc5c(c4)OCO5)CC3)c2)c1. The third-order valence-electron chi connectivity index (χ3n) is 5.97. The van der Waals surface area contributed by atoms with Crippen molar-refractivity contribution in [2.75, 3.05) is 19.2 Å². The summed E-state index contributed by atoms with van der Waals surface area (Å²) in [5.74, 6) is 0.818. The normalized spacial score (nSPS) is 15.5. The standard InChI is InChI=1S/C25H20F3NO5/c1-31-18-4-2-3-15(11-18)16-5-7-20(34-25(26,27)28)19(12-16)29-23(30)24(9-10-24)17-6-8-21-22(13-17)33-14-32-21/h2-8,11-13H,9-10,14H2,1H3,(H,29,30). The lowest BCUT2D eigenvalue weighted by molar-refractivity contribution is -0.274. The third-order valence-corrected chi connectivity index (χ3v) is 5.97. The fourth-order valence-electron chi connectivity index (χ4n) is 4.03. The molecule has 1 N–H and O–H groups in total. The Balaban J connectivity index is 1.48. The van der Waals surface area contributed by atoms with Crippen LogP contribution >= 0.6 is 0 Å². The van der Waals surface area contributed by atoms with Crippen molar-refractivity contribution < 1.29 is 36.9 Å². The maximum absolute atomic E-state index is 13.3. The number of alkyl halides is 3. The van der Waals surface area contributed by atoms with Crippen LogP contribution in [0.15, 0.2) is 60.7 Å². The first-order chi connectivity index (χ1) is 16.3. The quantitative estimate of drug-likeness (QED) is 0.503. The van der Waals surface area contributed by atoms with E-state index in [1.54, 1.807) is 42.5 Å². The number of fused-ring (bicyclic) bond motifs is 1. The molecule has 2 aliphatic rings. The van der Waals surface area contributed by atoms with Crippen LogP contribution in [-0.2, 0) is 10.2 Å². The Bertz CT molecular complexity index is 1250. The van der Waals surface area contributed by atoms with E-state index in [1.807, 2.05) is 0 Å². The first-order valence-corrected chi connectivity index (χ1v) is 10.5. The molecule has 1 saturated carbocycles. The average molecular weight is 471 g/mol. The molecule has 0 atom stereocenters. The molecule has 9 heteroatoms. The summed E-state index contributed by atoms with van der Waals surface area (Å²) in [6.45, 7) is 0.104. The molecule has 3 aromatic rings. The second-order valence-corrected chi connectivity index (χ2v) is 8.09. The van der Waals surface area contributed by atoms with Crippen LogP contribution in [0.2, 0.25) is 0 Å². The number of methoxy groups -OCH3 is 1. The lowest BCUT2D eigenvalue weighted by Gasteiger charge is -2.19. The van der Waals surface area contributed by atoms with Crippen LogP contribution in [0.3, 0.4) is 0 Å². The molecule has 0 aromatic heterocycles. The van der Waals surface area contributed by atoms with Gasteiger partial charge in [0.05, 0.1) is 18.2 Å². The molecule has 1 aliphatic carbocycles. The number of benzene rings is 3. The van der Waals surface area contributed by atoms with Gasteiger partial charge < -0.3 is 24.3 Å². The van der Waals surface area contributed by atoms with Crippen molar-refractivity contribution in [2.24, 2.45) is 0 Å². The summed E-state index contributed by atoms with van der Waals surface area (Å²) in [5, 5.41) is 2.67. The van der Waals surface area contributed by atoms with Crippen molar-refractivity contribution in [2.45, 2.75) is 24.6 Å². The molecular formula is C25H20F3NO5. The van der Waals surface area contributed by atoms with E-state index in [1.165, 1.54) is 25.3 Å². The molecule has 0 bridgehead atoms. The van der Waals surface area contributed by atoms with Gasteiger partial charge in [-0.05, 0) is 65.9 Å². The van der Waals surface area contributed by atoms with Crippen LogP contribution < -0.4 is 24.3 Å². The van der Waals surface area contributed by atoms with E-state index in [0.29, 0.717) is 41.2 Å². The summed E-state index contributed by atoms with van der Waals surface area (Å²) in [5.41, 5.74) is 1.09. The van der Waals surface area contributed by atoms with Gasteiger partial charge in [-0.1, -0.05) is 24.3 Å². The van der Waals surface area contributed by atoms with Crippen LogP contribution in [0, 0.1) is 0 Å². The number of amides is 1. The molecular weight excluding hydrogens is 451 g/mol. The highest BCUT2D eigenvalue weighted by molar-refractivity contribution is 6.02. The topological polar surface area (TPSA) is 66.0 Å². The molecule has 1 fully saturated rings. The van der Waals surface area contributed by atoms with Crippen molar-refractivity contribution >= 4 is 11.6 Å². The average Bonchev–Trinajstić information content (AvgIpc) is 3.50. The van der Waals surface area contributed by atoms with Crippen LogP contribution in [0.4, 0.5) is 18.9 Å². The zero-order valence-corrected chi connectivity index (χ0v) is 18.1. The minimum Gasteiger partial charge on any atom is -0.497 e. The highest BCUT2D eigenvalue weighted by Gasteiger charge is 2.52. The van der Waals surface area contributed by atoms with Gasteiger partial charge in [0.25, 0.3) is 0 Å². The first-order valence-electron chi connectivity index (χ1n) is 10.5. The Morgan fingerprint density at radius 3 is 2.47 bits per heavy atom. The molecule has 3 aromatic carbocycles. The van der Waals surface area contributed by atoms with Gasteiger partial charge in [0, 0.05) is 0 Å². The zero-order valence-electron chi connectivity index (χ0n) is 18.1. The lowest BCUT2D eigenvalue weighted by Crippen LogP contribution is -2.28. The van der Waals surface area contributed by atoms with E-state index in [-0.39, 0.29) is 12.5 Å². The molecule has 0 saturated heterocycles. The van der Waals surface area contributed by atoms with E-state index in [9.17, 15) is 18.0 Å². The van der Waals surface area contributed by atoms with Gasteiger partial charge in [-0.3, -0.25) is 4.79 Å². The smallest absolute Gasteiger partial charge is 0.497 e. The molecule has 5 rings (SSSR count). The lowest BCUT2D eigenvalue weighted by atomic mass is 9.94. The molecule has 0 radical (unpaired) electrons. The van der Waals surface area contributed by atoms with Gasteiger partial charge in [0.2, 0.25) is 12.7 Å². The number of carbonyl (C=O) groups is 1. The fourth-order valence-corrected chi connectivity index (χ4v) is 4.03. The van der Waals surface area contributed by atoms with Crippen LogP contribution in [-0.4, -0.2) is 26.2 Å². The maximum atomic E-state index is 13.3. The van der Waals surface area contributed by atoms with Crippen molar-refractivity contribution in [1.29, 1.82) is 0 Å². The van der Waals surface area contributed by atoms with Gasteiger partial charge in [-0.2, -0.15) is 0 Å². The van der Waals surface area contributed by atoms with Crippen molar-refractivity contribution in [1.82, 2.24) is 0 Å². The van der Waals surface area contributed by atoms with E-state index >= 15 is 0 Å². The van der Waals surface area contributed by atoms with Gasteiger partial charge >= 0.3 is 6.36 Å². The Labute approximate surface area is 193 Å². The Morgan fingerprint density at radius 2 is 1.74 bits per heavy atom. The predicted octanol–water partition coefficient (Wildman–Crippen LogP) is 5.66. The third kappa shape index (κ3) is 4.21. The van der Waals surface area contributed by atoms with Gasteiger partial charge in [0.1, 0.15) is 5.75 Å². The predicted molar refractivity (Wildman–Crippen MR) is 117 cm³/mol. The van der Waals surface area contributed by atoms with Gasteiger partial charge in [0.15, 0.2) is 17.2 Å². The van der Waals surface area contributed by atoms with E-state index < -0.39 is 23.4 Å². The second-order valence-electron chi connectivity index (χ2n) is 8.09. The number of halogens is 3. The molecule has 1 aliphatic heterocycles. The minimum absolute atomic E-state index is 0.0744. The minimum atomic E-state index is -4.91.